The highest BCUT2D eigenvalue weighted by Crippen LogP contribution is 2.32. The monoisotopic (exact) mass is 427 g/mol. The van der Waals surface area contributed by atoms with E-state index in [1.54, 1.807) is 30.3 Å². The standard InChI is InChI=1S/C22H25N3O6/c26-20(23-15-4-1-2-5-15)14-25(13-17-6-3-9-29-17)22(28)21(27)24-16-7-8-18-19(12-16)31-11-10-30-18/h3,6-9,12,15H,1-2,4-5,10-11,13-14H2,(H,23,26)(H,24,27). The molecule has 0 unspecified atom stereocenters. The van der Waals surface area contributed by atoms with Gasteiger partial charge in [-0.1, -0.05) is 12.8 Å². The maximum Gasteiger partial charge on any atom is 0.313 e. The summed E-state index contributed by atoms with van der Waals surface area (Å²) in [5.41, 5.74) is 0.399. The minimum absolute atomic E-state index is 0.0124. The number of nitrogens with zero attached hydrogens (tertiary/aromatic N) is 1. The van der Waals surface area contributed by atoms with E-state index < -0.39 is 11.8 Å². The van der Waals surface area contributed by atoms with Crippen molar-refractivity contribution in [3.05, 3.63) is 42.4 Å². The van der Waals surface area contributed by atoms with Crippen LogP contribution >= 0.6 is 0 Å². The summed E-state index contributed by atoms with van der Waals surface area (Å²) in [6.45, 7) is 0.654. The summed E-state index contributed by atoms with van der Waals surface area (Å²) in [4.78, 5) is 39.2. The number of hydrogen-bond acceptors (Lipinski definition) is 6. The third-order valence-corrected chi connectivity index (χ3v) is 5.26. The first-order chi connectivity index (χ1) is 15.1. The number of nitrogens with one attached hydrogen (secondary N) is 2. The zero-order valence-electron chi connectivity index (χ0n) is 17.1. The predicted molar refractivity (Wildman–Crippen MR) is 111 cm³/mol. The molecule has 9 nitrogen and oxygen atoms in total. The third kappa shape index (κ3) is 5.36. The molecule has 2 aromatic rings. The number of rotatable bonds is 6. The first-order valence-electron chi connectivity index (χ1n) is 10.4. The van der Waals surface area contributed by atoms with Gasteiger partial charge in [-0.2, -0.15) is 0 Å². The van der Waals surface area contributed by atoms with Gasteiger partial charge in [0.2, 0.25) is 5.91 Å². The molecule has 2 N–H and O–H groups in total. The largest absolute Gasteiger partial charge is 0.486 e. The molecule has 3 amide bonds. The van der Waals surface area contributed by atoms with Crippen molar-refractivity contribution in [2.24, 2.45) is 0 Å². The molecule has 0 radical (unpaired) electrons. The van der Waals surface area contributed by atoms with Crippen molar-refractivity contribution in [1.29, 1.82) is 0 Å². The summed E-state index contributed by atoms with van der Waals surface area (Å²) in [6, 6.07) is 8.40. The number of carbonyl (C=O) groups is 3. The average molecular weight is 427 g/mol. The molecular formula is C22H25N3O6. The van der Waals surface area contributed by atoms with E-state index in [9.17, 15) is 14.4 Å². The van der Waals surface area contributed by atoms with Crippen LogP contribution in [0.5, 0.6) is 11.5 Å². The van der Waals surface area contributed by atoms with Crippen LogP contribution in [0.2, 0.25) is 0 Å². The summed E-state index contributed by atoms with van der Waals surface area (Å²) >= 11 is 0. The van der Waals surface area contributed by atoms with Gasteiger partial charge in [0.15, 0.2) is 11.5 Å². The second-order valence-corrected chi connectivity index (χ2v) is 7.60. The van der Waals surface area contributed by atoms with E-state index in [1.807, 2.05) is 0 Å². The Morgan fingerprint density at radius 2 is 1.81 bits per heavy atom. The van der Waals surface area contributed by atoms with Crippen molar-refractivity contribution in [2.75, 3.05) is 25.1 Å². The highest BCUT2D eigenvalue weighted by Gasteiger charge is 2.27. The molecule has 0 spiro atoms. The molecule has 164 valence electrons. The third-order valence-electron chi connectivity index (χ3n) is 5.26. The zero-order valence-corrected chi connectivity index (χ0v) is 17.1. The van der Waals surface area contributed by atoms with Gasteiger partial charge in [0, 0.05) is 17.8 Å². The average Bonchev–Trinajstić information content (AvgIpc) is 3.47. The van der Waals surface area contributed by atoms with Gasteiger partial charge in [-0.15, -0.1) is 0 Å². The van der Waals surface area contributed by atoms with Crippen molar-refractivity contribution in [1.82, 2.24) is 10.2 Å². The molecule has 1 aliphatic heterocycles. The van der Waals surface area contributed by atoms with Crippen LogP contribution in [0.4, 0.5) is 5.69 Å². The van der Waals surface area contributed by atoms with E-state index in [1.165, 1.54) is 11.2 Å². The highest BCUT2D eigenvalue weighted by molar-refractivity contribution is 6.39. The number of benzene rings is 1. The Labute approximate surface area is 179 Å². The van der Waals surface area contributed by atoms with Crippen LogP contribution in [0, 0.1) is 0 Å². The van der Waals surface area contributed by atoms with E-state index in [0.29, 0.717) is 36.2 Å². The molecule has 2 heterocycles. The Morgan fingerprint density at radius 3 is 2.55 bits per heavy atom. The maximum atomic E-state index is 12.9. The Bertz CT molecular complexity index is 937. The quantitative estimate of drug-likeness (QED) is 0.683. The molecule has 9 heteroatoms. The number of ether oxygens (including phenoxy) is 2. The number of hydrogen-bond donors (Lipinski definition) is 2. The first kappa shape index (κ1) is 20.8. The molecule has 2 aliphatic rings. The zero-order chi connectivity index (χ0) is 21.6. The fourth-order valence-corrected chi connectivity index (χ4v) is 3.76. The lowest BCUT2D eigenvalue weighted by atomic mass is 10.2. The van der Waals surface area contributed by atoms with E-state index in [-0.39, 0.29) is 25.0 Å². The van der Waals surface area contributed by atoms with Crippen molar-refractivity contribution < 1.29 is 28.3 Å². The van der Waals surface area contributed by atoms with E-state index in [0.717, 1.165) is 25.7 Å². The molecule has 4 rings (SSSR count). The maximum absolute atomic E-state index is 12.9. The van der Waals surface area contributed by atoms with Crippen molar-refractivity contribution >= 4 is 23.4 Å². The molecule has 31 heavy (non-hydrogen) atoms. The van der Waals surface area contributed by atoms with Crippen LogP contribution in [-0.4, -0.2) is 48.4 Å². The highest BCUT2D eigenvalue weighted by atomic mass is 16.6. The fourth-order valence-electron chi connectivity index (χ4n) is 3.76. The minimum Gasteiger partial charge on any atom is -0.486 e. The van der Waals surface area contributed by atoms with Crippen LogP contribution in [0.3, 0.4) is 0 Å². The molecule has 1 saturated carbocycles. The lowest BCUT2D eigenvalue weighted by molar-refractivity contribution is -0.145. The number of furan rings is 1. The summed E-state index contributed by atoms with van der Waals surface area (Å²) in [7, 11) is 0. The summed E-state index contributed by atoms with van der Waals surface area (Å²) in [5, 5.41) is 5.51. The molecule has 1 fully saturated rings. The molecule has 0 saturated heterocycles. The molecule has 0 atom stereocenters. The summed E-state index contributed by atoms with van der Waals surface area (Å²) in [6.07, 6.45) is 5.51. The van der Waals surface area contributed by atoms with Crippen LogP contribution in [0.15, 0.2) is 41.0 Å². The van der Waals surface area contributed by atoms with Crippen LogP contribution in [-0.2, 0) is 20.9 Å². The number of anilines is 1. The van der Waals surface area contributed by atoms with E-state index >= 15 is 0 Å². The van der Waals surface area contributed by atoms with E-state index in [2.05, 4.69) is 10.6 Å². The number of amides is 3. The van der Waals surface area contributed by atoms with Gasteiger partial charge < -0.3 is 29.4 Å². The van der Waals surface area contributed by atoms with E-state index in [4.69, 9.17) is 13.9 Å². The van der Waals surface area contributed by atoms with Crippen molar-refractivity contribution in [2.45, 2.75) is 38.3 Å². The van der Waals surface area contributed by atoms with Gasteiger partial charge in [-0.25, -0.2) is 0 Å². The fraction of sp³-hybridized carbons (Fsp3) is 0.409. The lowest BCUT2D eigenvalue weighted by Crippen LogP contribution is -2.46. The molecule has 0 bridgehead atoms. The lowest BCUT2D eigenvalue weighted by Gasteiger charge is -2.22. The minimum atomic E-state index is -0.850. The Morgan fingerprint density at radius 1 is 1.03 bits per heavy atom. The van der Waals surface area contributed by atoms with Gasteiger partial charge in [0.1, 0.15) is 25.5 Å². The van der Waals surface area contributed by atoms with Crippen molar-refractivity contribution in [3.8, 4) is 11.5 Å². The van der Waals surface area contributed by atoms with Gasteiger partial charge in [0.25, 0.3) is 0 Å². The molecule has 1 aromatic heterocycles. The Kier molecular flexibility index (Phi) is 6.40. The molecule has 1 aromatic carbocycles. The Balaban J connectivity index is 1.42. The normalized spacial score (nSPS) is 15.4. The summed E-state index contributed by atoms with van der Waals surface area (Å²) in [5.74, 6) is -0.406. The Hall–Kier alpha value is -3.49. The van der Waals surface area contributed by atoms with Crippen LogP contribution < -0.4 is 20.1 Å². The van der Waals surface area contributed by atoms with Gasteiger partial charge in [-0.3, -0.25) is 14.4 Å². The van der Waals surface area contributed by atoms with Gasteiger partial charge >= 0.3 is 11.8 Å². The first-order valence-corrected chi connectivity index (χ1v) is 10.4. The predicted octanol–water partition coefficient (Wildman–Crippen LogP) is 2.08. The SMILES string of the molecule is O=C(CN(Cc1ccco1)C(=O)C(=O)Nc1ccc2c(c1)OCCO2)NC1CCCC1. The number of fused-ring (bicyclic) bond motifs is 1. The summed E-state index contributed by atoms with van der Waals surface area (Å²) < 4.78 is 16.3. The van der Waals surface area contributed by atoms with Crippen molar-refractivity contribution in [3.63, 3.8) is 0 Å². The second-order valence-electron chi connectivity index (χ2n) is 7.60. The smallest absolute Gasteiger partial charge is 0.313 e. The topological polar surface area (TPSA) is 110 Å². The van der Waals surface area contributed by atoms with Gasteiger partial charge in [0.05, 0.1) is 12.8 Å². The van der Waals surface area contributed by atoms with Gasteiger partial charge in [-0.05, 0) is 37.1 Å². The molecular weight excluding hydrogens is 402 g/mol. The van der Waals surface area contributed by atoms with Crippen LogP contribution in [0.1, 0.15) is 31.4 Å². The molecule has 1 aliphatic carbocycles. The second kappa shape index (κ2) is 9.55. The van der Waals surface area contributed by atoms with Crippen LogP contribution in [0.25, 0.3) is 0 Å². The number of carbonyl (C=O) groups excluding carboxylic acids is 3.